The van der Waals surface area contributed by atoms with Crippen LogP contribution >= 0.6 is 0 Å². The summed E-state index contributed by atoms with van der Waals surface area (Å²) in [6, 6.07) is 12.2. The molecule has 4 heterocycles. The summed E-state index contributed by atoms with van der Waals surface area (Å²) in [5.74, 6) is 1.82. The van der Waals surface area contributed by atoms with Gasteiger partial charge in [0.15, 0.2) is 11.5 Å². The van der Waals surface area contributed by atoms with E-state index < -0.39 is 0 Å². The summed E-state index contributed by atoms with van der Waals surface area (Å²) < 4.78 is 10.7. The maximum absolute atomic E-state index is 12.6. The van der Waals surface area contributed by atoms with Gasteiger partial charge >= 0.3 is 0 Å². The minimum Gasteiger partial charge on any atom is -0.454 e. The first-order chi connectivity index (χ1) is 15.7. The zero-order chi connectivity index (χ0) is 21.8. The van der Waals surface area contributed by atoms with Crippen LogP contribution in [-0.4, -0.2) is 66.2 Å². The van der Waals surface area contributed by atoms with E-state index in [9.17, 15) is 4.79 Å². The first-order valence-electron chi connectivity index (χ1n) is 11.8. The molecule has 3 aliphatic heterocycles. The molecule has 0 aliphatic carbocycles. The van der Waals surface area contributed by atoms with Crippen molar-refractivity contribution in [3.8, 4) is 11.5 Å². The maximum Gasteiger partial charge on any atom is 0.251 e. The Morgan fingerprint density at radius 2 is 1.94 bits per heavy atom. The van der Waals surface area contributed by atoms with Crippen molar-refractivity contribution in [2.24, 2.45) is 5.92 Å². The van der Waals surface area contributed by atoms with Crippen LogP contribution in [0.15, 0.2) is 42.6 Å². The number of carbonyl (C=O) groups excluding carboxylic acids is 1. The Balaban J connectivity index is 1.07. The fraction of sp³-hybridized carbons (Fsp3) is 0.520. The quantitative estimate of drug-likeness (QED) is 0.751. The van der Waals surface area contributed by atoms with Gasteiger partial charge in [-0.3, -0.25) is 19.6 Å². The second-order valence-corrected chi connectivity index (χ2v) is 9.11. The molecule has 7 heteroatoms. The first kappa shape index (κ1) is 21.2. The van der Waals surface area contributed by atoms with Crippen LogP contribution < -0.4 is 14.8 Å². The summed E-state index contributed by atoms with van der Waals surface area (Å²) in [6.45, 7) is 6.40. The van der Waals surface area contributed by atoms with Crippen molar-refractivity contribution in [2.75, 3.05) is 39.5 Å². The number of rotatable bonds is 6. The van der Waals surface area contributed by atoms with E-state index in [1.165, 1.54) is 32.2 Å². The summed E-state index contributed by atoms with van der Waals surface area (Å²) in [5.41, 5.74) is 1.78. The molecule has 1 amide bonds. The van der Waals surface area contributed by atoms with Gasteiger partial charge in [0.1, 0.15) is 0 Å². The van der Waals surface area contributed by atoms with Crippen LogP contribution in [0.25, 0.3) is 0 Å². The van der Waals surface area contributed by atoms with Gasteiger partial charge in [0.05, 0.1) is 5.69 Å². The largest absolute Gasteiger partial charge is 0.454 e. The third kappa shape index (κ3) is 5.05. The highest BCUT2D eigenvalue weighted by Gasteiger charge is 2.29. The van der Waals surface area contributed by atoms with Crippen LogP contribution in [0.3, 0.4) is 0 Å². The highest BCUT2D eigenvalue weighted by molar-refractivity contribution is 5.94. The molecule has 3 aliphatic rings. The third-order valence-electron chi connectivity index (χ3n) is 6.92. The van der Waals surface area contributed by atoms with E-state index in [-0.39, 0.29) is 12.7 Å². The standard InChI is InChI=1S/C25H32N4O3/c30-25(20-6-7-23-24(14-20)32-18-31-23)27-15-19-4-3-11-29(16-19)22-8-12-28(13-9-22)17-21-5-1-2-10-26-21/h1-2,5-7,10,14,19,22H,3-4,8-9,11-13,15-18H2,(H,27,30). The van der Waals surface area contributed by atoms with Crippen molar-refractivity contribution >= 4 is 5.91 Å². The fourth-order valence-electron chi connectivity index (χ4n) is 5.14. The molecule has 2 aromatic rings. The van der Waals surface area contributed by atoms with E-state index >= 15 is 0 Å². The van der Waals surface area contributed by atoms with Gasteiger partial charge in [-0.15, -0.1) is 0 Å². The monoisotopic (exact) mass is 436 g/mol. The highest BCUT2D eigenvalue weighted by atomic mass is 16.7. The molecule has 1 atom stereocenters. The molecule has 7 nitrogen and oxygen atoms in total. The molecule has 32 heavy (non-hydrogen) atoms. The Kier molecular flexibility index (Phi) is 6.55. The van der Waals surface area contributed by atoms with Crippen molar-refractivity contribution in [1.82, 2.24) is 20.1 Å². The van der Waals surface area contributed by atoms with Crippen LogP contribution in [0.1, 0.15) is 41.7 Å². The number of pyridine rings is 1. The van der Waals surface area contributed by atoms with Gasteiger partial charge in [0.2, 0.25) is 6.79 Å². The van der Waals surface area contributed by atoms with Gasteiger partial charge in [-0.1, -0.05) is 6.07 Å². The van der Waals surface area contributed by atoms with Crippen molar-refractivity contribution in [2.45, 2.75) is 38.3 Å². The number of likely N-dealkylation sites (tertiary alicyclic amines) is 2. The average molecular weight is 437 g/mol. The third-order valence-corrected chi connectivity index (χ3v) is 6.92. The molecule has 1 unspecified atom stereocenters. The van der Waals surface area contributed by atoms with Gasteiger partial charge in [-0.2, -0.15) is 0 Å². The summed E-state index contributed by atoms with van der Waals surface area (Å²) in [6.07, 6.45) is 6.68. The van der Waals surface area contributed by atoms with Gasteiger partial charge in [0, 0.05) is 50.5 Å². The average Bonchev–Trinajstić information content (AvgIpc) is 3.32. The minimum absolute atomic E-state index is 0.0387. The van der Waals surface area contributed by atoms with E-state index in [4.69, 9.17) is 9.47 Å². The molecule has 0 spiro atoms. The van der Waals surface area contributed by atoms with Crippen molar-refractivity contribution in [1.29, 1.82) is 0 Å². The fourth-order valence-corrected chi connectivity index (χ4v) is 5.14. The predicted octanol–water partition coefficient (Wildman–Crippen LogP) is 2.92. The Labute approximate surface area is 189 Å². The van der Waals surface area contributed by atoms with Gasteiger partial charge in [-0.25, -0.2) is 0 Å². The first-order valence-corrected chi connectivity index (χ1v) is 11.8. The topological polar surface area (TPSA) is 66.9 Å². The van der Waals surface area contributed by atoms with E-state index in [0.29, 0.717) is 29.0 Å². The maximum atomic E-state index is 12.6. The van der Waals surface area contributed by atoms with E-state index in [1.54, 1.807) is 18.2 Å². The minimum atomic E-state index is -0.0387. The molecule has 2 saturated heterocycles. The summed E-state index contributed by atoms with van der Waals surface area (Å²) >= 11 is 0. The van der Waals surface area contributed by atoms with Crippen LogP contribution in [0, 0.1) is 5.92 Å². The second kappa shape index (κ2) is 9.88. The Hall–Kier alpha value is -2.64. The molecular formula is C25H32N4O3. The lowest BCUT2D eigenvalue weighted by Gasteiger charge is -2.42. The molecule has 0 bridgehead atoms. The lowest BCUT2D eigenvalue weighted by Crippen LogP contribution is -2.49. The molecule has 0 radical (unpaired) electrons. The van der Waals surface area contributed by atoms with E-state index in [2.05, 4.69) is 32.2 Å². The SMILES string of the molecule is O=C(NCC1CCCN(C2CCN(Cc3ccccn3)CC2)C1)c1ccc2c(c1)OCO2. The normalized spacial score (nSPS) is 22.1. The van der Waals surface area contributed by atoms with Gasteiger partial charge < -0.3 is 14.8 Å². The number of nitrogens with zero attached hydrogens (tertiary/aromatic N) is 3. The van der Waals surface area contributed by atoms with Crippen LogP contribution in [0.5, 0.6) is 11.5 Å². The summed E-state index contributed by atoms with van der Waals surface area (Å²) in [7, 11) is 0. The number of hydrogen-bond donors (Lipinski definition) is 1. The number of fused-ring (bicyclic) bond motifs is 1. The number of amides is 1. The number of benzene rings is 1. The summed E-state index contributed by atoms with van der Waals surface area (Å²) in [5, 5.41) is 3.14. The highest BCUT2D eigenvalue weighted by Crippen LogP contribution is 2.32. The van der Waals surface area contributed by atoms with Crippen molar-refractivity contribution in [3.05, 3.63) is 53.9 Å². The van der Waals surface area contributed by atoms with Crippen LogP contribution in [-0.2, 0) is 6.54 Å². The van der Waals surface area contributed by atoms with Crippen LogP contribution in [0.4, 0.5) is 0 Å². The smallest absolute Gasteiger partial charge is 0.251 e. The second-order valence-electron chi connectivity index (χ2n) is 9.11. The molecule has 1 aromatic carbocycles. The zero-order valence-electron chi connectivity index (χ0n) is 18.5. The molecule has 0 saturated carbocycles. The molecule has 2 fully saturated rings. The molecule has 170 valence electrons. The number of aromatic nitrogens is 1. The van der Waals surface area contributed by atoms with E-state index in [1.807, 2.05) is 12.3 Å². The Morgan fingerprint density at radius 3 is 2.78 bits per heavy atom. The lowest BCUT2D eigenvalue weighted by molar-refractivity contribution is 0.0671. The van der Waals surface area contributed by atoms with Crippen molar-refractivity contribution in [3.63, 3.8) is 0 Å². The zero-order valence-corrected chi connectivity index (χ0v) is 18.5. The molecule has 1 aromatic heterocycles. The molecule has 5 rings (SSSR count). The Bertz CT molecular complexity index is 915. The number of nitrogens with one attached hydrogen (secondary N) is 1. The molecular weight excluding hydrogens is 404 g/mol. The number of piperidine rings is 2. The summed E-state index contributed by atoms with van der Waals surface area (Å²) in [4.78, 5) is 22.3. The molecule has 1 N–H and O–H groups in total. The number of hydrogen-bond acceptors (Lipinski definition) is 6. The van der Waals surface area contributed by atoms with Gasteiger partial charge in [0.25, 0.3) is 5.91 Å². The van der Waals surface area contributed by atoms with Crippen molar-refractivity contribution < 1.29 is 14.3 Å². The number of ether oxygens (including phenoxy) is 2. The lowest BCUT2D eigenvalue weighted by atomic mass is 9.93. The van der Waals surface area contributed by atoms with Gasteiger partial charge in [-0.05, 0) is 68.5 Å². The van der Waals surface area contributed by atoms with Crippen LogP contribution in [0.2, 0.25) is 0 Å². The Morgan fingerprint density at radius 1 is 1.06 bits per heavy atom. The predicted molar refractivity (Wildman–Crippen MR) is 122 cm³/mol. The van der Waals surface area contributed by atoms with E-state index in [0.717, 1.165) is 38.4 Å². The number of carbonyl (C=O) groups is 1.